The first-order chi connectivity index (χ1) is 7.27. The molecule has 4 nitrogen and oxygen atoms in total. The van der Waals surface area contributed by atoms with Gasteiger partial charge in [0.15, 0.2) is 0 Å². The lowest BCUT2D eigenvalue weighted by Gasteiger charge is -2.14. The summed E-state index contributed by atoms with van der Waals surface area (Å²) in [5, 5.41) is 12.2. The summed E-state index contributed by atoms with van der Waals surface area (Å²) in [5.41, 5.74) is 0.939. The fraction of sp³-hybridized carbons (Fsp3) is 0.455. The molecule has 1 aliphatic rings. The largest absolute Gasteiger partial charge is 0.478 e. The molecule has 0 atom stereocenters. The van der Waals surface area contributed by atoms with Gasteiger partial charge >= 0.3 is 5.97 Å². The summed E-state index contributed by atoms with van der Waals surface area (Å²) in [6.07, 6.45) is 7.77. The van der Waals surface area contributed by atoms with Crippen LogP contribution in [-0.4, -0.2) is 22.1 Å². The normalized spacial score (nSPS) is 16.5. The molecule has 2 rings (SSSR count). The Morgan fingerprint density at radius 3 is 2.87 bits per heavy atom. The number of rotatable bonds is 3. The first kappa shape index (κ1) is 9.96. The Morgan fingerprint density at radius 1 is 1.47 bits per heavy atom. The molecule has 1 saturated carbocycles. The summed E-state index contributed by atoms with van der Waals surface area (Å²) >= 11 is 0. The minimum Gasteiger partial charge on any atom is -0.478 e. The van der Waals surface area contributed by atoms with Gasteiger partial charge in [-0.05, 0) is 18.9 Å². The third kappa shape index (κ3) is 2.26. The van der Waals surface area contributed by atoms with E-state index in [2.05, 4.69) is 10.3 Å². The molecule has 1 aromatic rings. The zero-order chi connectivity index (χ0) is 10.7. The van der Waals surface area contributed by atoms with E-state index in [-0.39, 0.29) is 0 Å². The van der Waals surface area contributed by atoms with Gasteiger partial charge in [-0.1, -0.05) is 12.8 Å². The van der Waals surface area contributed by atoms with Crippen LogP contribution >= 0.6 is 0 Å². The average Bonchev–Trinajstić information content (AvgIpc) is 2.71. The van der Waals surface area contributed by atoms with Crippen LogP contribution in [0.25, 0.3) is 0 Å². The van der Waals surface area contributed by atoms with E-state index in [1.807, 2.05) is 0 Å². The highest BCUT2D eigenvalue weighted by molar-refractivity contribution is 5.93. The Bertz CT molecular complexity index is 359. The zero-order valence-corrected chi connectivity index (χ0v) is 8.44. The molecule has 1 fully saturated rings. The summed E-state index contributed by atoms with van der Waals surface area (Å²) in [7, 11) is 0. The lowest BCUT2D eigenvalue weighted by molar-refractivity contribution is 0.0698. The van der Waals surface area contributed by atoms with E-state index in [1.54, 1.807) is 6.20 Å². The molecule has 1 heterocycles. The Labute approximate surface area is 88.3 Å². The Morgan fingerprint density at radius 2 is 2.20 bits per heavy atom. The molecule has 4 heteroatoms. The van der Waals surface area contributed by atoms with Crippen LogP contribution in [-0.2, 0) is 0 Å². The summed E-state index contributed by atoms with van der Waals surface area (Å²) in [6, 6.07) is 1.94. The zero-order valence-electron chi connectivity index (χ0n) is 8.44. The molecule has 2 N–H and O–H groups in total. The average molecular weight is 206 g/mol. The van der Waals surface area contributed by atoms with E-state index < -0.39 is 5.97 Å². The van der Waals surface area contributed by atoms with Crippen molar-refractivity contribution < 1.29 is 9.90 Å². The maximum atomic E-state index is 10.9. The minimum absolute atomic E-state index is 0.303. The number of aromatic nitrogens is 1. The van der Waals surface area contributed by atoms with Crippen LogP contribution in [0.4, 0.5) is 5.69 Å². The monoisotopic (exact) mass is 206 g/mol. The molecule has 0 amide bonds. The van der Waals surface area contributed by atoms with Gasteiger partial charge < -0.3 is 10.4 Å². The van der Waals surface area contributed by atoms with Gasteiger partial charge in [-0.2, -0.15) is 0 Å². The molecule has 15 heavy (non-hydrogen) atoms. The van der Waals surface area contributed by atoms with E-state index in [1.165, 1.54) is 25.1 Å². The van der Waals surface area contributed by atoms with Crippen LogP contribution < -0.4 is 5.32 Å². The first-order valence-electron chi connectivity index (χ1n) is 5.21. The van der Waals surface area contributed by atoms with Crippen LogP contribution in [0.5, 0.6) is 0 Å². The predicted octanol–water partition coefficient (Wildman–Crippen LogP) is 2.13. The van der Waals surface area contributed by atoms with Gasteiger partial charge in [0, 0.05) is 12.2 Å². The van der Waals surface area contributed by atoms with Crippen molar-refractivity contribution in [2.75, 3.05) is 5.32 Å². The molecule has 0 bridgehead atoms. The Hall–Kier alpha value is -1.58. The number of pyridine rings is 1. The van der Waals surface area contributed by atoms with Crippen molar-refractivity contribution in [1.82, 2.24) is 4.98 Å². The van der Waals surface area contributed by atoms with Crippen molar-refractivity contribution in [2.24, 2.45) is 0 Å². The van der Waals surface area contributed by atoms with Crippen molar-refractivity contribution in [2.45, 2.75) is 31.7 Å². The van der Waals surface area contributed by atoms with E-state index in [9.17, 15) is 4.79 Å². The number of carbonyl (C=O) groups is 1. The van der Waals surface area contributed by atoms with E-state index >= 15 is 0 Å². The SMILES string of the molecule is O=C(O)c1ccncc1NC1CCCC1. The molecule has 0 unspecified atom stereocenters. The highest BCUT2D eigenvalue weighted by atomic mass is 16.4. The summed E-state index contributed by atoms with van der Waals surface area (Å²) < 4.78 is 0. The first-order valence-corrected chi connectivity index (χ1v) is 5.21. The van der Waals surface area contributed by atoms with E-state index in [0.717, 1.165) is 12.8 Å². The molecular weight excluding hydrogens is 192 g/mol. The molecule has 0 radical (unpaired) electrons. The molecule has 0 spiro atoms. The number of nitrogens with one attached hydrogen (secondary N) is 1. The smallest absolute Gasteiger partial charge is 0.337 e. The minimum atomic E-state index is -0.905. The molecule has 80 valence electrons. The summed E-state index contributed by atoms with van der Waals surface area (Å²) in [4.78, 5) is 14.9. The molecule has 0 saturated heterocycles. The molecule has 0 aliphatic heterocycles. The third-order valence-electron chi connectivity index (χ3n) is 2.77. The summed E-state index contributed by atoms with van der Waals surface area (Å²) in [5.74, 6) is -0.905. The van der Waals surface area contributed by atoms with Crippen LogP contribution in [0, 0.1) is 0 Å². The lowest BCUT2D eigenvalue weighted by Crippen LogP contribution is -2.17. The second-order valence-electron chi connectivity index (χ2n) is 3.85. The van der Waals surface area contributed by atoms with Crippen molar-refractivity contribution in [3.63, 3.8) is 0 Å². The van der Waals surface area contributed by atoms with Crippen molar-refractivity contribution >= 4 is 11.7 Å². The van der Waals surface area contributed by atoms with Gasteiger partial charge in [0.2, 0.25) is 0 Å². The van der Waals surface area contributed by atoms with Crippen molar-refractivity contribution in [1.29, 1.82) is 0 Å². The van der Waals surface area contributed by atoms with Crippen molar-refractivity contribution in [3.8, 4) is 0 Å². The van der Waals surface area contributed by atoms with Gasteiger partial charge in [0.1, 0.15) is 0 Å². The van der Waals surface area contributed by atoms with Gasteiger partial charge in [0.25, 0.3) is 0 Å². The van der Waals surface area contributed by atoms with E-state index in [0.29, 0.717) is 17.3 Å². The second-order valence-corrected chi connectivity index (χ2v) is 3.85. The van der Waals surface area contributed by atoms with Crippen molar-refractivity contribution in [3.05, 3.63) is 24.0 Å². The van der Waals surface area contributed by atoms with Gasteiger partial charge in [-0.3, -0.25) is 4.98 Å². The summed E-state index contributed by atoms with van der Waals surface area (Å²) in [6.45, 7) is 0. The molecular formula is C11H14N2O2. The fourth-order valence-corrected chi connectivity index (χ4v) is 1.99. The number of anilines is 1. The quantitative estimate of drug-likeness (QED) is 0.795. The maximum absolute atomic E-state index is 10.9. The Kier molecular flexibility index (Phi) is 2.85. The lowest BCUT2D eigenvalue weighted by atomic mass is 10.2. The van der Waals surface area contributed by atoms with Crippen LogP contribution in [0.3, 0.4) is 0 Å². The number of carboxylic acid groups (broad SMARTS) is 1. The molecule has 0 aromatic carbocycles. The number of nitrogens with zero attached hydrogens (tertiary/aromatic N) is 1. The van der Waals surface area contributed by atoms with E-state index in [4.69, 9.17) is 5.11 Å². The maximum Gasteiger partial charge on any atom is 0.337 e. The standard InChI is InChI=1S/C11H14N2O2/c14-11(15)9-5-6-12-7-10(9)13-8-3-1-2-4-8/h5-8,13H,1-4H2,(H,14,15). The van der Waals surface area contributed by atoms with Gasteiger partial charge in [-0.25, -0.2) is 4.79 Å². The Balaban J connectivity index is 2.15. The highest BCUT2D eigenvalue weighted by Crippen LogP contribution is 2.23. The van der Waals surface area contributed by atoms with Crippen LogP contribution in [0.15, 0.2) is 18.5 Å². The van der Waals surface area contributed by atoms with Gasteiger partial charge in [-0.15, -0.1) is 0 Å². The number of aromatic carboxylic acids is 1. The third-order valence-corrected chi connectivity index (χ3v) is 2.77. The number of hydrogen-bond donors (Lipinski definition) is 2. The second kappa shape index (κ2) is 4.29. The molecule has 1 aliphatic carbocycles. The highest BCUT2D eigenvalue weighted by Gasteiger charge is 2.17. The van der Waals surface area contributed by atoms with Crippen LogP contribution in [0.2, 0.25) is 0 Å². The number of hydrogen-bond acceptors (Lipinski definition) is 3. The number of carboxylic acids is 1. The van der Waals surface area contributed by atoms with Gasteiger partial charge in [0.05, 0.1) is 17.4 Å². The topological polar surface area (TPSA) is 62.2 Å². The predicted molar refractivity (Wildman–Crippen MR) is 57.1 cm³/mol. The fourth-order valence-electron chi connectivity index (χ4n) is 1.99. The molecule has 1 aromatic heterocycles. The van der Waals surface area contributed by atoms with Crippen LogP contribution in [0.1, 0.15) is 36.0 Å².